The topological polar surface area (TPSA) is 12.0 Å². The van der Waals surface area contributed by atoms with E-state index in [1.807, 2.05) is 12.1 Å². The zero-order valence-corrected chi connectivity index (χ0v) is 11.7. The first kappa shape index (κ1) is 13.5. The van der Waals surface area contributed by atoms with E-state index in [0.29, 0.717) is 11.5 Å². The van der Waals surface area contributed by atoms with Crippen LogP contribution in [-0.4, -0.2) is 6.04 Å². The van der Waals surface area contributed by atoms with Gasteiger partial charge in [0.05, 0.1) is 0 Å². The molecule has 1 aromatic carbocycles. The van der Waals surface area contributed by atoms with Crippen LogP contribution in [-0.2, 0) is 0 Å². The first-order valence-corrected chi connectivity index (χ1v) is 7.00. The molecular weight excluding hydrogens is 225 g/mol. The number of benzene rings is 1. The number of rotatable bonds is 3. The molecule has 0 aliphatic heterocycles. The Balaban J connectivity index is 2.02. The highest BCUT2D eigenvalue weighted by molar-refractivity contribution is 5.19. The Bertz CT molecular complexity index is 383. The minimum atomic E-state index is -0.163. The molecule has 0 amide bonds. The molecule has 1 N–H and O–H groups in total. The molecule has 0 saturated heterocycles. The van der Waals surface area contributed by atoms with E-state index < -0.39 is 0 Å². The van der Waals surface area contributed by atoms with Crippen molar-refractivity contribution in [1.82, 2.24) is 5.32 Å². The minimum absolute atomic E-state index is 0.163. The number of halogens is 1. The molecule has 0 bridgehead atoms. The van der Waals surface area contributed by atoms with Crippen LogP contribution in [0.3, 0.4) is 0 Å². The Labute approximate surface area is 110 Å². The molecule has 1 saturated carbocycles. The van der Waals surface area contributed by atoms with Crippen molar-refractivity contribution < 1.29 is 4.39 Å². The summed E-state index contributed by atoms with van der Waals surface area (Å²) in [6.07, 6.45) is 5.20. The lowest BCUT2D eigenvalue weighted by molar-refractivity contribution is 0.157. The summed E-state index contributed by atoms with van der Waals surface area (Å²) in [4.78, 5) is 0. The molecule has 2 atom stereocenters. The number of hydrogen-bond donors (Lipinski definition) is 1. The van der Waals surface area contributed by atoms with E-state index in [2.05, 4.69) is 26.1 Å². The first-order valence-electron chi connectivity index (χ1n) is 7.00. The third-order valence-corrected chi connectivity index (χ3v) is 4.33. The van der Waals surface area contributed by atoms with Gasteiger partial charge < -0.3 is 5.32 Å². The summed E-state index contributed by atoms with van der Waals surface area (Å²) in [5.41, 5.74) is 1.53. The van der Waals surface area contributed by atoms with E-state index in [-0.39, 0.29) is 11.9 Å². The molecule has 2 rings (SSSR count). The maximum atomic E-state index is 12.9. The van der Waals surface area contributed by atoms with Gasteiger partial charge in [-0.1, -0.05) is 38.8 Å². The lowest BCUT2D eigenvalue weighted by Crippen LogP contribution is -2.45. The molecule has 2 heteroatoms. The molecule has 0 radical (unpaired) electrons. The van der Waals surface area contributed by atoms with Crippen LogP contribution >= 0.6 is 0 Å². The van der Waals surface area contributed by atoms with Crippen LogP contribution in [0.4, 0.5) is 4.39 Å². The average Bonchev–Trinajstić information content (AvgIpc) is 2.32. The standard InChI is InChI=1S/C16H24FN/c1-12(13-7-9-14(17)10-8-13)18-15-6-4-5-11-16(15,2)3/h7-10,12,15,18H,4-6,11H2,1-3H3/t12-,15?/m0/s1. The molecule has 1 unspecified atom stereocenters. The van der Waals surface area contributed by atoms with Crippen LogP contribution in [0, 0.1) is 11.2 Å². The third-order valence-electron chi connectivity index (χ3n) is 4.33. The summed E-state index contributed by atoms with van der Waals surface area (Å²) in [7, 11) is 0. The molecule has 18 heavy (non-hydrogen) atoms. The van der Waals surface area contributed by atoms with E-state index in [1.54, 1.807) is 12.1 Å². The lowest BCUT2D eigenvalue weighted by Gasteiger charge is -2.40. The van der Waals surface area contributed by atoms with E-state index in [4.69, 9.17) is 0 Å². The van der Waals surface area contributed by atoms with Crippen LogP contribution in [0.2, 0.25) is 0 Å². The van der Waals surface area contributed by atoms with Gasteiger partial charge in [-0.2, -0.15) is 0 Å². The Hall–Kier alpha value is -0.890. The van der Waals surface area contributed by atoms with Crippen molar-refractivity contribution in [3.05, 3.63) is 35.6 Å². The zero-order chi connectivity index (χ0) is 13.2. The predicted molar refractivity (Wildman–Crippen MR) is 74.0 cm³/mol. The minimum Gasteiger partial charge on any atom is -0.307 e. The van der Waals surface area contributed by atoms with Gasteiger partial charge in [0.1, 0.15) is 5.82 Å². The number of nitrogens with one attached hydrogen (secondary N) is 1. The molecule has 0 spiro atoms. The van der Waals surface area contributed by atoms with Crippen molar-refractivity contribution >= 4 is 0 Å². The smallest absolute Gasteiger partial charge is 0.123 e. The van der Waals surface area contributed by atoms with Gasteiger partial charge in [-0.15, -0.1) is 0 Å². The van der Waals surface area contributed by atoms with Crippen molar-refractivity contribution in [2.75, 3.05) is 0 Å². The fraction of sp³-hybridized carbons (Fsp3) is 0.625. The fourth-order valence-electron chi connectivity index (χ4n) is 2.95. The molecule has 1 aliphatic carbocycles. The van der Waals surface area contributed by atoms with Crippen molar-refractivity contribution in [2.24, 2.45) is 5.41 Å². The Morgan fingerprint density at radius 3 is 2.50 bits per heavy atom. The highest BCUT2D eigenvalue weighted by Crippen LogP contribution is 2.36. The second-order valence-electron chi connectivity index (χ2n) is 6.23. The Kier molecular flexibility index (Phi) is 4.06. The van der Waals surface area contributed by atoms with Gasteiger partial charge in [0.15, 0.2) is 0 Å². The van der Waals surface area contributed by atoms with E-state index >= 15 is 0 Å². The predicted octanol–water partition coefficient (Wildman–Crippen LogP) is 4.45. The van der Waals surface area contributed by atoms with Crippen LogP contribution in [0.1, 0.15) is 58.1 Å². The molecule has 1 aliphatic rings. The summed E-state index contributed by atoms with van der Waals surface area (Å²) in [6, 6.07) is 7.68. The molecule has 0 heterocycles. The second kappa shape index (κ2) is 5.40. The monoisotopic (exact) mass is 249 g/mol. The van der Waals surface area contributed by atoms with Gasteiger partial charge in [0.2, 0.25) is 0 Å². The van der Waals surface area contributed by atoms with Crippen molar-refractivity contribution in [1.29, 1.82) is 0 Å². The van der Waals surface area contributed by atoms with Crippen LogP contribution in [0.15, 0.2) is 24.3 Å². The fourth-order valence-corrected chi connectivity index (χ4v) is 2.95. The molecular formula is C16H24FN. The average molecular weight is 249 g/mol. The molecule has 1 fully saturated rings. The maximum Gasteiger partial charge on any atom is 0.123 e. The van der Waals surface area contributed by atoms with Gasteiger partial charge in [0, 0.05) is 12.1 Å². The normalized spacial score (nSPS) is 24.8. The second-order valence-corrected chi connectivity index (χ2v) is 6.23. The Morgan fingerprint density at radius 1 is 1.22 bits per heavy atom. The third kappa shape index (κ3) is 3.11. The van der Waals surface area contributed by atoms with Crippen molar-refractivity contribution in [3.8, 4) is 0 Å². The largest absolute Gasteiger partial charge is 0.307 e. The molecule has 1 aromatic rings. The lowest BCUT2D eigenvalue weighted by atomic mass is 9.73. The zero-order valence-electron chi connectivity index (χ0n) is 11.7. The molecule has 0 aromatic heterocycles. The number of hydrogen-bond acceptors (Lipinski definition) is 1. The van der Waals surface area contributed by atoms with Gasteiger partial charge in [-0.25, -0.2) is 4.39 Å². The van der Waals surface area contributed by atoms with E-state index in [0.717, 1.165) is 5.56 Å². The summed E-state index contributed by atoms with van der Waals surface area (Å²) >= 11 is 0. The van der Waals surface area contributed by atoms with Gasteiger partial charge in [0.25, 0.3) is 0 Å². The van der Waals surface area contributed by atoms with Crippen molar-refractivity contribution in [3.63, 3.8) is 0 Å². The Morgan fingerprint density at radius 2 is 1.89 bits per heavy atom. The van der Waals surface area contributed by atoms with E-state index in [9.17, 15) is 4.39 Å². The highest BCUT2D eigenvalue weighted by Gasteiger charge is 2.32. The summed E-state index contributed by atoms with van der Waals surface area (Å²) in [5, 5.41) is 3.72. The van der Waals surface area contributed by atoms with Crippen LogP contribution < -0.4 is 5.32 Å². The van der Waals surface area contributed by atoms with E-state index in [1.165, 1.54) is 25.7 Å². The summed E-state index contributed by atoms with van der Waals surface area (Å²) < 4.78 is 12.9. The van der Waals surface area contributed by atoms with Crippen molar-refractivity contribution in [2.45, 2.75) is 58.5 Å². The maximum absolute atomic E-state index is 12.9. The van der Waals surface area contributed by atoms with Gasteiger partial charge in [-0.3, -0.25) is 0 Å². The molecule has 1 nitrogen and oxygen atoms in total. The van der Waals surface area contributed by atoms with Crippen LogP contribution in [0.5, 0.6) is 0 Å². The summed E-state index contributed by atoms with van der Waals surface area (Å²) in [6.45, 7) is 6.86. The van der Waals surface area contributed by atoms with Gasteiger partial charge >= 0.3 is 0 Å². The SMILES string of the molecule is C[C@H](NC1CCCCC1(C)C)c1ccc(F)cc1. The summed E-state index contributed by atoms with van der Waals surface area (Å²) in [5.74, 6) is -0.163. The molecule has 100 valence electrons. The van der Waals surface area contributed by atoms with Crippen LogP contribution in [0.25, 0.3) is 0 Å². The quantitative estimate of drug-likeness (QED) is 0.834. The highest BCUT2D eigenvalue weighted by atomic mass is 19.1. The van der Waals surface area contributed by atoms with Gasteiger partial charge in [-0.05, 0) is 42.9 Å². The first-order chi connectivity index (χ1) is 8.49.